The second kappa shape index (κ2) is 5.23. The minimum atomic E-state index is -1.10. The van der Waals surface area contributed by atoms with E-state index >= 15 is 0 Å². The van der Waals surface area contributed by atoms with Crippen LogP contribution in [-0.2, 0) is 5.60 Å². The smallest absolute Gasteiger partial charge is 0.133 e. The molecule has 1 atom stereocenters. The number of methoxy groups -OCH3 is 1. The van der Waals surface area contributed by atoms with Crippen molar-refractivity contribution in [1.82, 2.24) is 0 Å². The molecule has 2 heteroatoms. The number of hydrogen-bond donors (Lipinski definition) is 1. The molecule has 0 aromatic heterocycles. The van der Waals surface area contributed by atoms with Crippen molar-refractivity contribution in [2.24, 2.45) is 0 Å². The van der Waals surface area contributed by atoms with Crippen LogP contribution < -0.4 is 4.74 Å². The van der Waals surface area contributed by atoms with Crippen molar-refractivity contribution in [2.75, 3.05) is 7.11 Å². The fraction of sp³-hybridized carbons (Fsp3) is 0.158. The quantitative estimate of drug-likeness (QED) is 0.781. The minimum absolute atomic E-state index is 0.724. The van der Waals surface area contributed by atoms with Gasteiger partial charge < -0.3 is 9.84 Å². The predicted octanol–water partition coefficient (Wildman–Crippen LogP) is 4.10. The fourth-order valence-corrected chi connectivity index (χ4v) is 2.76. The Morgan fingerprint density at radius 3 is 2.24 bits per heavy atom. The van der Waals surface area contributed by atoms with Crippen molar-refractivity contribution < 1.29 is 9.84 Å². The molecule has 106 valence electrons. The number of hydrogen-bond acceptors (Lipinski definition) is 2. The molecule has 0 saturated heterocycles. The standard InChI is InChI=1S/C19H18O2/c1-19(20,15-9-4-3-5-10-15)17-13-12-14-8-6-7-11-16(14)18(17)21-2/h3-13,20H,1-2H3/t19-/m1/s1. The SMILES string of the molecule is COc1c([C@](C)(O)c2ccccc2)ccc2ccccc12. The van der Waals surface area contributed by atoms with Gasteiger partial charge in [0.2, 0.25) is 0 Å². The summed E-state index contributed by atoms with van der Waals surface area (Å²) in [5.74, 6) is 0.724. The summed E-state index contributed by atoms with van der Waals surface area (Å²) in [6, 6.07) is 21.6. The Bertz CT molecular complexity index is 761. The van der Waals surface area contributed by atoms with Crippen LogP contribution in [0.3, 0.4) is 0 Å². The van der Waals surface area contributed by atoms with E-state index in [-0.39, 0.29) is 0 Å². The number of fused-ring (bicyclic) bond motifs is 1. The van der Waals surface area contributed by atoms with Gasteiger partial charge in [0.25, 0.3) is 0 Å². The number of aliphatic hydroxyl groups is 1. The van der Waals surface area contributed by atoms with Crippen LogP contribution in [0, 0.1) is 0 Å². The lowest BCUT2D eigenvalue weighted by atomic mass is 9.86. The van der Waals surface area contributed by atoms with Gasteiger partial charge in [0.15, 0.2) is 0 Å². The highest BCUT2D eigenvalue weighted by Gasteiger charge is 2.29. The monoisotopic (exact) mass is 278 g/mol. The molecule has 0 saturated carbocycles. The molecule has 0 aliphatic heterocycles. The Kier molecular flexibility index (Phi) is 3.40. The average molecular weight is 278 g/mol. The summed E-state index contributed by atoms with van der Waals surface area (Å²) >= 11 is 0. The van der Waals surface area contributed by atoms with Crippen molar-refractivity contribution >= 4 is 10.8 Å². The second-order valence-electron chi connectivity index (χ2n) is 5.31. The van der Waals surface area contributed by atoms with Gasteiger partial charge in [-0.05, 0) is 17.9 Å². The normalized spacial score (nSPS) is 13.9. The van der Waals surface area contributed by atoms with Crippen LogP contribution in [0.4, 0.5) is 0 Å². The van der Waals surface area contributed by atoms with Crippen LogP contribution in [-0.4, -0.2) is 12.2 Å². The number of rotatable bonds is 3. The molecule has 0 unspecified atom stereocenters. The zero-order valence-corrected chi connectivity index (χ0v) is 12.2. The third-order valence-corrected chi connectivity index (χ3v) is 3.94. The van der Waals surface area contributed by atoms with E-state index in [2.05, 4.69) is 0 Å². The first kappa shape index (κ1) is 13.7. The average Bonchev–Trinajstić information content (AvgIpc) is 2.54. The molecule has 0 fully saturated rings. The Labute approximate surface area is 124 Å². The summed E-state index contributed by atoms with van der Waals surface area (Å²) in [5, 5.41) is 13.2. The molecule has 0 bridgehead atoms. The van der Waals surface area contributed by atoms with E-state index in [4.69, 9.17) is 4.74 Å². The van der Waals surface area contributed by atoms with E-state index in [1.807, 2.05) is 66.7 Å². The summed E-state index contributed by atoms with van der Waals surface area (Å²) < 4.78 is 5.61. The maximum Gasteiger partial charge on any atom is 0.133 e. The van der Waals surface area contributed by atoms with Crippen molar-refractivity contribution in [1.29, 1.82) is 0 Å². The van der Waals surface area contributed by atoms with E-state index in [1.165, 1.54) is 0 Å². The molecule has 3 aromatic rings. The molecule has 3 aromatic carbocycles. The molecule has 0 aliphatic rings. The lowest BCUT2D eigenvalue weighted by molar-refractivity contribution is 0.0992. The maximum atomic E-state index is 11.0. The molecule has 0 radical (unpaired) electrons. The third kappa shape index (κ3) is 2.28. The van der Waals surface area contributed by atoms with E-state index in [1.54, 1.807) is 14.0 Å². The summed E-state index contributed by atoms with van der Waals surface area (Å²) in [6.07, 6.45) is 0. The van der Waals surface area contributed by atoms with Gasteiger partial charge in [-0.25, -0.2) is 0 Å². The van der Waals surface area contributed by atoms with Crippen molar-refractivity contribution in [3.8, 4) is 5.75 Å². The molecule has 0 amide bonds. The summed E-state index contributed by atoms with van der Waals surface area (Å²) in [7, 11) is 1.65. The molecule has 0 aliphatic carbocycles. The Balaban J connectivity index is 2.25. The predicted molar refractivity (Wildman–Crippen MR) is 85.6 cm³/mol. The Hall–Kier alpha value is -2.32. The van der Waals surface area contributed by atoms with Gasteiger partial charge in [-0.15, -0.1) is 0 Å². The van der Waals surface area contributed by atoms with Crippen molar-refractivity contribution in [3.63, 3.8) is 0 Å². The zero-order valence-electron chi connectivity index (χ0n) is 12.2. The first-order chi connectivity index (χ1) is 10.1. The molecule has 0 heterocycles. The highest BCUT2D eigenvalue weighted by atomic mass is 16.5. The lowest BCUT2D eigenvalue weighted by Crippen LogP contribution is -2.23. The van der Waals surface area contributed by atoms with Crippen LogP contribution >= 0.6 is 0 Å². The number of ether oxygens (including phenoxy) is 1. The molecule has 1 N–H and O–H groups in total. The van der Waals surface area contributed by atoms with Crippen LogP contribution in [0.15, 0.2) is 66.7 Å². The summed E-state index contributed by atoms with van der Waals surface area (Å²) in [4.78, 5) is 0. The van der Waals surface area contributed by atoms with Gasteiger partial charge in [-0.3, -0.25) is 0 Å². The summed E-state index contributed by atoms with van der Waals surface area (Å²) in [5.41, 5.74) is 0.518. The Morgan fingerprint density at radius 1 is 0.857 bits per heavy atom. The Morgan fingerprint density at radius 2 is 1.52 bits per heavy atom. The van der Waals surface area contributed by atoms with Crippen LogP contribution in [0.25, 0.3) is 10.8 Å². The van der Waals surface area contributed by atoms with Crippen molar-refractivity contribution in [3.05, 3.63) is 77.9 Å². The maximum absolute atomic E-state index is 11.0. The van der Waals surface area contributed by atoms with Gasteiger partial charge in [0, 0.05) is 10.9 Å². The molecule has 2 nitrogen and oxygen atoms in total. The fourth-order valence-electron chi connectivity index (χ4n) is 2.76. The van der Waals surface area contributed by atoms with Crippen LogP contribution in [0.2, 0.25) is 0 Å². The molecule has 0 spiro atoms. The second-order valence-corrected chi connectivity index (χ2v) is 5.31. The summed E-state index contributed by atoms with van der Waals surface area (Å²) in [6.45, 7) is 1.80. The van der Waals surface area contributed by atoms with Gasteiger partial charge in [-0.2, -0.15) is 0 Å². The number of benzene rings is 3. The third-order valence-electron chi connectivity index (χ3n) is 3.94. The van der Waals surface area contributed by atoms with Gasteiger partial charge in [0.05, 0.1) is 7.11 Å². The molecular formula is C19H18O2. The minimum Gasteiger partial charge on any atom is -0.496 e. The lowest BCUT2D eigenvalue weighted by Gasteiger charge is -2.27. The van der Waals surface area contributed by atoms with Crippen LogP contribution in [0.5, 0.6) is 5.75 Å². The highest BCUT2D eigenvalue weighted by Crippen LogP contribution is 2.39. The molecular weight excluding hydrogens is 260 g/mol. The molecule has 21 heavy (non-hydrogen) atoms. The van der Waals surface area contributed by atoms with E-state index < -0.39 is 5.60 Å². The van der Waals surface area contributed by atoms with E-state index in [0.29, 0.717) is 0 Å². The molecule has 3 rings (SSSR count). The topological polar surface area (TPSA) is 29.5 Å². The van der Waals surface area contributed by atoms with E-state index in [9.17, 15) is 5.11 Å². The largest absolute Gasteiger partial charge is 0.496 e. The van der Waals surface area contributed by atoms with E-state index in [0.717, 1.165) is 27.6 Å². The van der Waals surface area contributed by atoms with Gasteiger partial charge in [0.1, 0.15) is 11.4 Å². The van der Waals surface area contributed by atoms with Crippen molar-refractivity contribution in [2.45, 2.75) is 12.5 Å². The first-order valence-corrected chi connectivity index (χ1v) is 6.98. The zero-order chi connectivity index (χ0) is 14.9. The van der Waals surface area contributed by atoms with Gasteiger partial charge in [-0.1, -0.05) is 66.7 Å². The highest BCUT2D eigenvalue weighted by molar-refractivity contribution is 5.90. The first-order valence-electron chi connectivity index (χ1n) is 6.98. The van der Waals surface area contributed by atoms with Gasteiger partial charge >= 0.3 is 0 Å². The van der Waals surface area contributed by atoms with Crippen LogP contribution in [0.1, 0.15) is 18.1 Å².